The van der Waals surface area contributed by atoms with Crippen LogP contribution in [-0.2, 0) is 0 Å². The summed E-state index contributed by atoms with van der Waals surface area (Å²) in [4.78, 5) is 14.8. The average Bonchev–Trinajstić information content (AvgIpc) is 3.09. The molecule has 0 aromatic carbocycles. The maximum Gasteiger partial charge on any atom is 0.137 e. The summed E-state index contributed by atoms with van der Waals surface area (Å²) in [6, 6.07) is 8.80. The van der Waals surface area contributed by atoms with E-state index < -0.39 is 0 Å². The van der Waals surface area contributed by atoms with Gasteiger partial charge in [-0.1, -0.05) is 25.4 Å². The van der Waals surface area contributed by atoms with Gasteiger partial charge in [-0.15, -0.1) is 0 Å². The van der Waals surface area contributed by atoms with Crippen LogP contribution in [0.1, 0.15) is 39.5 Å². The molecule has 0 bridgehead atoms. The van der Waals surface area contributed by atoms with E-state index in [0.717, 1.165) is 53.8 Å². The number of aromatic amines is 1. The molecule has 4 rings (SSSR count). The van der Waals surface area contributed by atoms with Crippen LogP contribution >= 0.6 is 11.6 Å². The predicted octanol–water partition coefficient (Wildman–Crippen LogP) is 5.01. The quantitative estimate of drug-likeness (QED) is 0.593. The maximum absolute atomic E-state index is 6.48. The zero-order valence-corrected chi connectivity index (χ0v) is 17.3. The Balaban J connectivity index is 1.75. The molecular formula is C22H28ClN5. The highest BCUT2D eigenvalue weighted by Gasteiger charge is 2.27. The molecule has 0 spiro atoms. The average molecular weight is 398 g/mol. The molecule has 0 radical (unpaired) electrons. The monoisotopic (exact) mass is 397 g/mol. The van der Waals surface area contributed by atoms with Gasteiger partial charge in [0.1, 0.15) is 16.6 Å². The molecule has 3 heterocycles. The molecule has 3 aromatic heterocycles. The first-order valence-electron chi connectivity index (χ1n) is 10.1. The highest BCUT2D eigenvalue weighted by Crippen LogP contribution is 2.34. The first-order chi connectivity index (χ1) is 13.5. The minimum atomic E-state index is 0.270. The van der Waals surface area contributed by atoms with Crippen LogP contribution in [0, 0.1) is 5.92 Å². The summed E-state index contributed by atoms with van der Waals surface area (Å²) in [5.41, 5.74) is 9.32. The third-order valence-corrected chi connectivity index (χ3v) is 5.72. The Morgan fingerprint density at radius 2 is 2.18 bits per heavy atom. The summed E-state index contributed by atoms with van der Waals surface area (Å²) in [5, 5.41) is 1.60. The SMILES string of the molecule is CC(C)CN(c1cc(-c2c[nH]c3ncccc23)cc(Cl)n1)C1CCCC(N)C1. The molecule has 0 aliphatic heterocycles. The van der Waals surface area contributed by atoms with Gasteiger partial charge in [0.05, 0.1) is 0 Å². The van der Waals surface area contributed by atoms with Crippen LogP contribution in [0.15, 0.2) is 36.7 Å². The number of fused-ring (bicyclic) bond motifs is 1. The van der Waals surface area contributed by atoms with Gasteiger partial charge in [0.2, 0.25) is 0 Å². The molecule has 148 valence electrons. The zero-order valence-electron chi connectivity index (χ0n) is 16.5. The fourth-order valence-corrected chi connectivity index (χ4v) is 4.49. The summed E-state index contributed by atoms with van der Waals surface area (Å²) in [7, 11) is 0. The van der Waals surface area contributed by atoms with Crippen molar-refractivity contribution in [2.24, 2.45) is 11.7 Å². The number of aromatic nitrogens is 3. The van der Waals surface area contributed by atoms with Crippen molar-refractivity contribution in [3.63, 3.8) is 0 Å². The lowest BCUT2D eigenvalue weighted by Crippen LogP contribution is -2.44. The summed E-state index contributed by atoms with van der Waals surface area (Å²) < 4.78 is 0. The van der Waals surface area contributed by atoms with Gasteiger partial charge in [-0.25, -0.2) is 9.97 Å². The van der Waals surface area contributed by atoms with Gasteiger partial charge in [0.25, 0.3) is 0 Å². The molecule has 0 amide bonds. The number of H-pyrrole nitrogens is 1. The van der Waals surface area contributed by atoms with Crippen LogP contribution in [-0.4, -0.2) is 33.6 Å². The molecule has 5 nitrogen and oxygen atoms in total. The van der Waals surface area contributed by atoms with Gasteiger partial charge in [-0.2, -0.15) is 0 Å². The van der Waals surface area contributed by atoms with E-state index in [4.69, 9.17) is 22.3 Å². The van der Waals surface area contributed by atoms with Gasteiger partial charge < -0.3 is 15.6 Å². The largest absolute Gasteiger partial charge is 0.353 e. The second-order valence-corrected chi connectivity index (χ2v) is 8.65. The Morgan fingerprint density at radius 3 is 2.96 bits per heavy atom. The first kappa shape index (κ1) is 19.2. The number of rotatable bonds is 5. The molecule has 2 unspecified atom stereocenters. The van der Waals surface area contributed by atoms with Crippen molar-refractivity contribution in [2.45, 2.75) is 51.6 Å². The second kappa shape index (κ2) is 8.10. The van der Waals surface area contributed by atoms with Crippen molar-refractivity contribution in [2.75, 3.05) is 11.4 Å². The van der Waals surface area contributed by atoms with Gasteiger partial charge in [0, 0.05) is 42.0 Å². The molecule has 1 aliphatic rings. The maximum atomic E-state index is 6.48. The van der Waals surface area contributed by atoms with Crippen LogP contribution in [0.2, 0.25) is 5.15 Å². The van der Waals surface area contributed by atoms with Gasteiger partial charge >= 0.3 is 0 Å². The lowest BCUT2D eigenvalue weighted by atomic mass is 9.90. The number of nitrogens with one attached hydrogen (secondary N) is 1. The Hall–Kier alpha value is -2.11. The van der Waals surface area contributed by atoms with E-state index in [-0.39, 0.29) is 6.04 Å². The van der Waals surface area contributed by atoms with E-state index in [1.165, 1.54) is 6.42 Å². The standard InChI is InChI=1S/C22H28ClN5/c1-14(2)13-28(17-6-3-5-16(24)11-17)21-10-15(9-20(23)27-21)19-12-26-22-18(19)7-4-8-25-22/h4,7-10,12,14,16-17H,3,5-6,11,13,24H2,1-2H3,(H,25,26). The number of nitrogens with two attached hydrogens (primary N) is 1. The van der Waals surface area contributed by atoms with E-state index in [0.29, 0.717) is 17.1 Å². The molecule has 1 aliphatic carbocycles. The fourth-order valence-electron chi connectivity index (χ4n) is 4.29. The lowest BCUT2D eigenvalue weighted by Gasteiger charge is -2.38. The molecule has 28 heavy (non-hydrogen) atoms. The van der Waals surface area contributed by atoms with Crippen LogP contribution in [0.25, 0.3) is 22.2 Å². The number of hydrogen-bond acceptors (Lipinski definition) is 4. The smallest absolute Gasteiger partial charge is 0.137 e. The van der Waals surface area contributed by atoms with Crippen molar-refractivity contribution < 1.29 is 0 Å². The number of anilines is 1. The summed E-state index contributed by atoms with van der Waals surface area (Å²) in [5.74, 6) is 1.47. The highest BCUT2D eigenvalue weighted by molar-refractivity contribution is 6.29. The topological polar surface area (TPSA) is 70.8 Å². The summed E-state index contributed by atoms with van der Waals surface area (Å²) in [6.07, 6.45) is 8.24. The van der Waals surface area contributed by atoms with Crippen LogP contribution in [0.5, 0.6) is 0 Å². The van der Waals surface area contributed by atoms with Gasteiger partial charge in [-0.3, -0.25) is 0 Å². The van der Waals surface area contributed by atoms with Gasteiger partial charge in [-0.05, 0) is 61.4 Å². The normalized spacial score (nSPS) is 20.0. The van der Waals surface area contributed by atoms with Crippen molar-refractivity contribution in [1.29, 1.82) is 0 Å². The number of hydrogen-bond donors (Lipinski definition) is 2. The van der Waals surface area contributed by atoms with Crippen LogP contribution in [0.3, 0.4) is 0 Å². The van der Waals surface area contributed by atoms with E-state index in [9.17, 15) is 0 Å². The molecule has 3 aromatic rings. The van der Waals surface area contributed by atoms with E-state index in [1.807, 2.05) is 18.3 Å². The minimum Gasteiger partial charge on any atom is -0.353 e. The minimum absolute atomic E-state index is 0.270. The molecule has 3 N–H and O–H groups in total. The third kappa shape index (κ3) is 4.01. The van der Waals surface area contributed by atoms with Crippen molar-refractivity contribution in [3.8, 4) is 11.1 Å². The molecular weight excluding hydrogens is 370 g/mol. The summed E-state index contributed by atoms with van der Waals surface area (Å²) >= 11 is 6.48. The van der Waals surface area contributed by atoms with Crippen LogP contribution < -0.4 is 10.6 Å². The first-order valence-corrected chi connectivity index (χ1v) is 10.5. The lowest BCUT2D eigenvalue weighted by molar-refractivity contribution is 0.362. The van der Waals surface area contributed by atoms with E-state index in [2.05, 4.69) is 40.8 Å². The fraction of sp³-hybridized carbons (Fsp3) is 0.455. The van der Waals surface area contributed by atoms with Crippen LogP contribution in [0.4, 0.5) is 5.82 Å². The number of halogens is 1. The zero-order chi connectivity index (χ0) is 19.7. The molecule has 6 heteroatoms. The number of pyridine rings is 2. The molecule has 1 fully saturated rings. The molecule has 0 saturated heterocycles. The van der Waals surface area contributed by atoms with Crippen molar-refractivity contribution in [1.82, 2.24) is 15.0 Å². The molecule has 2 atom stereocenters. The Labute approximate surface area is 171 Å². The van der Waals surface area contributed by atoms with E-state index >= 15 is 0 Å². The van der Waals surface area contributed by atoms with Crippen molar-refractivity contribution >= 4 is 28.5 Å². The number of nitrogens with zero attached hydrogens (tertiary/aromatic N) is 3. The highest BCUT2D eigenvalue weighted by atomic mass is 35.5. The van der Waals surface area contributed by atoms with Gasteiger partial charge in [0.15, 0.2) is 0 Å². The predicted molar refractivity (Wildman–Crippen MR) is 117 cm³/mol. The third-order valence-electron chi connectivity index (χ3n) is 5.53. The Morgan fingerprint density at radius 1 is 1.32 bits per heavy atom. The Kier molecular flexibility index (Phi) is 5.56. The Bertz CT molecular complexity index is 951. The summed E-state index contributed by atoms with van der Waals surface area (Å²) in [6.45, 7) is 5.43. The van der Waals surface area contributed by atoms with Crippen molar-refractivity contribution in [3.05, 3.63) is 41.8 Å². The van der Waals surface area contributed by atoms with E-state index in [1.54, 1.807) is 6.20 Å². The molecule has 1 saturated carbocycles. The second-order valence-electron chi connectivity index (χ2n) is 8.27.